The molecule has 0 fully saturated rings. The third kappa shape index (κ3) is 4.97. The number of sulfonamides is 1. The Kier molecular flexibility index (Phi) is 7.32. The van der Waals surface area contributed by atoms with Gasteiger partial charge in [-0.3, -0.25) is 0 Å². The van der Waals surface area contributed by atoms with Crippen molar-refractivity contribution in [1.29, 1.82) is 0 Å². The van der Waals surface area contributed by atoms with Gasteiger partial charge in [-0.25, -0.2) is 13.1 Å². The summed E-state index contributed by atoms with van der Waals surface area (Å²) in [7, 11) is -3.49. The van der Waals surface area contributed by atoms with Gasteiger partial charge in [0.25, 0.3) is 0 Å². The summed E-state index contributed by atoms with van der Waals surface area (Å²) < 4.78 is 33.1. The first-order valence-corrected chi connectivity index (χ1v) is 9.30. The van der Waals surface area contributed by atoms with Crippen molar-refractivity contribution in [3.05, 3.63) is 23.3 Å². The summed E-state index contributed by atoms with van der Waals surface area (Å²) >= 11 is 0. The van der Waals surface area contributed by atoms with E-state index in [0.717, 1.165) is 24.4 Å². The van der Waals surface area contributed by atoms with Gasteiger partial charge in [-0.1, -0.05) is 13.8 Å². The third-order valence-electron chi connectivity index (χ3n) is 3.68. The predicted octanol–water partition coefficient (Wildman–Crippen LogP) is 2.32. The van der Waals surface area contributed by atoms with Crippen molar-refractivity contribution in [3.8, 4) is 5.75 Å². The number of rotatable bonds is 9. The van der Waals surface area contributed by atoms with E-state index in [1.165, 1.54) is 0 Å². The maximum Gasteiger partial charge on any atom is 0.240 e. The molecule has 1 aromatic carbocycles. The van der Waals surface area contributed by atoms with Gasteiger partial charge in [0.1, 0.15) is 5.75 Å². The molecule has 0 heterocycles. The van der Waals surface area contributed by atoms with Crippen LogP contribution in [0.25, 0.3) is 0 Å². The first-order valence-electron chi connectivity index (χ1n) is 7.81. The summed E-state index contributed by atoms with van der Waals surface area (Å²) in [6.07, 6.45) is 0. The van der Waals surface area contributed by atoms with E-state index in [1.807, 2.05) is 13.8 Å². The van der Waals surface area contributed by atoms with Gasteiger partial charge in [-0.05, 0) is 57.1 Å². The Morgan fingerprint density at radius 2 is 1.73 bits per heavy atom. The first-order chi connectivity index (χ1) is 10.4. The number of hydrogen-bond acceptors (Lipinski definition) is 4. The molecule has 0 saturated heterocycles. The molecule has 0 unspecified atom stereocenters. The van der Waals surface area contributed by atoms with Crippen LogP contribution in [0, 0.1) is 13.8 Å². The van der Waals surface area contributed by atoms with Crippen molar-refractivity contribution in [2.45, 2.75) is 39.5 Å². The molecule has 1 N–H and O–H groups in total. The largest absolute Gasteiger partial charge is 0.494 e. The Balaban J connectivity index is 2.87. The highest BCUT2D eigenvalue weighted by Crippen LogP contribution is 2.25. The molecule has 0 radical (unpaired) electrons. The lowest BCUT2D eigenvalue weighted by Gasteiger charge is -2.18. The van der Waals surface area contributed by atoms with Crippen LogP contribution >= 0.6 is 0 Å². The summed E-state index contributed by atoms with van der Waals surface area (Å²) in [4.78, 5) is 2.51. The smallest absolute Gasteiger partial charge is 0.240 e. The standard InChI is InChI=1S/C16H28N2O3S/c1-6-18(7-2)10-9-17-22(19,20)16-12-13(4)15(21-8-3)11-14(16)5/h11-12,17H,6-10H2,1-5H3. The molecule has 0 bridgehead atoms. The average Bonchev–Trinajstić information content (AvgIpc) is 2.47. The molecule has 0 saturated carbocycles. The normalized spacial score (nSPS) is 11.9. The summed E-state index contributed by atoms with van der Waals surface area (Å²) in [6, 6.07) is 3.47. The van der Waals surface area contributed by atoms with Crippen molar-refractivity contribution in [2.75, 3.05) is 32.8 Å². The van der Waals surface area contributed by atoms with Gasteiger partial charge in [0, 0.05) is 13.1 Å². The third-order valence-corrected chi connectivity index (χ3v) is 5.28. The average molecular weight is 328 g/mol. The monoisotopic (exact) mass is 328 g/mol. The van der Waals surface area contributed by atoms with E-state index in [0.29, 0.717) is 30.2 Å². The molecule has 1 aromatic rings. The summed E-state index contributed by atoms with van der Waals surface area (Å²) in [6.45, 7) is 13.2. The SMILES string of the molecule is CCOc1cc(C)c(S(=O)(=O)NCCN(CC)CC)cc1C. The lowest BCUT2D eigenvalue weighted by atomic mass is 10.1. The van der Waals surface area contributed by atoms with Crippen LogP contribution in [0.1, 0.15) is 31.9 Å². The summed E-state index contributed by atoms with van der Waals surface area (Å²) in [5, 5.41) is 0. The molecule has 22 heavy (non-hydrogen) atoms. The van der Waals surface area contributed by atoms with Gasteiger partial charge in [0.05, 0.1) is 11.5 Å². The molecule has 0 spiro atoms. The minimum Gasteiger partial charge on any atom is -0.494 e. The quantitative estimate of drug-likeness (QED) is 0.756. The molecule has 0 aliphatic carbocycles. The molecule has 5 nitrogen and oxygen atoms in total. The van der Waals surface area contributed by atoms with E-state index in [2.05, 4.69) is 23.5 Å². The Bertz CT molecular complexity index is 581. The fourth-order valence-electron chi connectivity index (χ4n) is 2.32. The molecule has 0 amide bonds. The Labute approximate surface area is 134 Å². The Hall–Kier alpha value is -1.11. The van der Waals surface area contributed by atoms with E-state index in [1.54, 1.807) is 19.1 Å². The van der Waals surface area contributed by atoms with Gasteiger partial charge >= 0.3 is 0 Å². The minimum absolute atomic E-state index is 0.327. The van der Waals surface area contributed by atoms with E-state index >= 15 is 0 Å². The number of ether oxygens (including phenoxy) is 1. The van der Waals surface area contributed by atoms with Crippen LogP contribution in [0.2, 0.25) is 0 Å². The maximum atomic E-state index is 12.5. The molecule has 1 rings (SSSR count). The maximum absolute atomic E-state index is 12.5. The van der Waals surface area contributed by atoms with E-state index in [4.69, 9.17) is 4.74 Å². The number of aryl methyl sites for hydroxylation is 2. The van der Waals surface area contributed by atoms with Gasteiger partial charge in [0.2, 0.25) is 10.0 Å². The van der Waals surface area contributed by atoms with Gasteiger partial charge < -0.3 is 9.64 Å². The molecule has 0 aromatic heterocycles. The van der Waals surface area contributed by atoms with Crippen LogP contribution < -0.4 is 9.46 Å². The van der Waals surface area contributed by atoms with Crippen LogP contribution in [-0.4, -0.2) is 46.1 Å². The van der Waals surface area contributed by atoms with Crippen molar-refractivity contribution < 1.29 is 13.2 Å². The van der Waals surface area contributed by atoms with Crippen molar-refractivity contribution in [1.82, 2.24) is 9.62 Å². The molecule has 0 aliphatic rings. The topological polar surface area (TPSA) is 58.6 Å². The van der Waals surface area contributed by atoms with Crippen LogP contribution in [0.3, 0.4) is 0 Å². The van der Waals surface area contributed by atoms with Crippen LogP contribution in [-0.2, 0) is 10.0 Å². The second-order valence-corrected chi connectivity index (χ2v) is 6.98. The highest BCUT2D eigenvalue weighted by Gasteiger charge is 2.18. The summed E-state index contributed by atoms with van der Waals surface area (Å²) in [5.74, 6) is 0.738. The number of likely N-dealkylation sites (N-methyl/N-ethyl adjacent to an activating group) is 1. The second-order valence-electron chi connectivity index (χ2n) is 5.24. The molecule has 0 aliphatic heterocycles. The van der Waals surface area contributed by atoms with Crippen LogP contribution in [0.5, 0.6) is 5.75 Å². The Morgan fingerprint density at radius 3 is 2.27 bits per heavy atom. The van der Waals surface area contributed by atoms with Gasteiger partial charge in [-0.15, -0.1) is 0 Å². The second kappa shape index (κ2) is 8.50. The Morgan fingerprint density at radius 1 is 1.09 bits per heavy atom. The fraction of sp³-hybridized carbons (Fsp3) is 0.625. The molecule has 0 atom stereocenters. The number of hydrogen-bond donors (Lipinski definition) is 1. The van der Waals surface area contributed by atoms with E-state index < -0.39 is 10.0 Å². The van der Waals surface area contributed by atoms with Gasteiger partial charge in [0.15, 0.2) is 0 Å². The number of benzene rings is 1. The van der Waals surface area contributed by atoms with E-state index in [9.17, 15) is 8.42 Å². The molecular weight excluding hydrogens is 300 g/mol. The van der Waals surface area contributed by atoms with Crippen LogP contribution in [0.4, 0.5) is 0 Å². The summed E-state index contributed by atoms with van der Waals surface area (Å²) in [5.41, 5.74) is 1.53. The van der Waals surface area contributed by atoms with Crippen molar-refractivity contribution in [2.24, 2.45) is 0 Å². The predicted molar refractivity (Wildman–Crippen MR) is 90.1 cm³/mol. The molecule has 6 heteroatoms. The van der Waals surface area contributed by atoms with Gasteiger partial charge in [-0.2, -0.15) is 0 Å². The molecule has 126 valence electrons. The lowest BCUT2D eigenvalue weighted by Crippen LogP contribution is -2.35. The zero-order valence-corrected chi connectivity index (χ0v) is 15.1. The number of nitrogens with one attached hydrogen (secondary N) is 1. The zero-order valence-electron chi connectivity index (χ0n) is 14.3. The zero-order chi connectivity index (χ0) is 16.8. The lowest BCUT2D eigenvalue weighted by molar-refractivity contribution is 0.309. The highest BCUT2D eigenvalue weighted by atomic mass is 32.2. The molecular formula is C16H28N2O3S. The first kappa shape index (κ1) is 18.9. The van der Waals surface area contributed by atoms with Crippen LogP contribution in [0.15, 0.2) is 17.0 Å². The minimum atomic E-state index is -3.49. The highest BCUT2D eigenvalue weighted by molar-refractivity contribution is 7.89. The van der Waals surface area contributed by atoms with Crippen molar-refractivity contribution >= 4 is 10.0 Å². The van der Waals surface area contributed by atoms with Crippen molar-refractivity contribution in [3.63, 3.8) is 0 Å². The fourth-order valence-corrected chi connectivity index (χ4v) is 3.65. The van der Waals surface area contributed by atoms with E-state index in [-0.39, 0.29) is 0 Å². The number of nitrogens with zero attached hydrogens (tertiary/aromatic N) is 1.